The van der Waals surface area contributed by atoms with Gasteiger partial charge in [-0.15, -0.1) is 11.3 Å². The second-order valence-electron chi connectivity index (χ2n) is 5.97. The Balaban J connectivity index is 1.46. The number of thiophene rings is 1. The molecule has 10 heteroatoms. The number of carbonyl (C=O) groups excluding carboxylic acids is 2. The summed E-state index contributed by atoms with van der Waals surface area (Å²) in [5.74, 6) is 0.301. The molecular formula is C17H19N3O5S2. The Morgan fingerprint density at radius 3 is 2.56 bits per heavy atom. The number of carbonyl (C=O) groups is 2. The van der Waals surface area contributed by atoms with Crippen LogP contribution in [0.3, 0.4) is 0 Å². The molecule has 0 unspecified atom stereocenters. The van der Waals surface area contributed by atoms with E-state index in [9.17, 15) is 18.0 Å². The molecular weight excluding hydrogens is 390 g/mol. The lowest BCUT2D eigenvalue weighted by Gasteiger charge is -2.16. The third kappa shape index (κ3) is 5.06. The number of primary sulfonamides is 1. The van der Waals surface area contributed by atoms with Crippen molar-refractivity contribution in [2.45, 2.75) is 23.6 Å². The molecule has 0 saturated carbocycles. The molecule has 3 rings (SSSR count). The highest BCUT2D eigenvalue weighted by Gasteiger charge is 2.21. The second kappa shape index (κ2) is 8.07. The summed E-state index contributed by atoms with van der Waals surface area (Å²) in [5, 5.41) is 7.70. The van der Waals surface area contributed by atoms with E-state index in [0.29, 0.717) is 17.0 Å². The zero-order chi connectivity index (χ0) is 19.4. The maximum absolute atomic E-state index is 11.9. The number of nitrogens with two attached hydrogens (primary N) is 1. The van der Waals surface area contributed by atoms with E-state index in [4.69, 9.17) is 9.88 Å². The number of amides is 2. The van der Waals surface area contributed by atoms with Crippen molar-refractivity contribution in [3.8, 4) is 5.75 Å². The first-order valence-corrected chi connectivity index (χ1v) is 10.6. The molecule has 27 heavy (non-hydrogen) atoms. The van der Waals surface area contributed by atoms with Gasteiger partial charge < -0.3 is 15.0 Å². The van der Waals surface area contributed by atoms with E-state index in [1.165, 1.54) is 6.07 Å². The van der Waals surface area contributed by atoms with Crippen LogP contribution in [0.15, 0.2) is 40.6 Å². The SMILES string of the molecule is NS(=O)(=O)c1ccc(CNC(=O)COc2ccc(N3CCCC3=O)cc2)s1. The lowest BCUT2D eigenvalue weighted by Crippen LogP contribution is -2.28. The minimum atomic E-state index is -3.72. The average molecular weight is 409 g/mol. The van der Waals surface area contributed by atoms with Gasteiger partial charge in [0.05, 0.1) is 6.54 Å². The first kappa shape index (κ1) is 19.3. The highest BCUT2D eigenvalue weighted by Crippen LogP contribution is 2.24. The number of nitrogens with one attached hydrogen (secondary N) is 1. The van der Waals surface area contributed by atoms with Crippen molar-refractivity contribution in [2.24, 2.45) is 5.14 Å². The van der Waals surface area contributed by atoms with Crippen molar-refractivity contribution >= 4 is 38.9 Å². The van der Waals surface area contributed by atoms with E-state index in [0.717, 1.165) is 30.0 Å². The summed E-state index contributed by atoms with van der Waals surface area (Å²) in [7, 11) is -3.72. The Morgan fingerprint density at radius 2 is 1.96 bits per heavy atom. The zero-order valence-corrected chi connectivity index (χ0v) is 16.0. The molecule has 144 valence electrons. The smallest absolute Gasteiger partial charge is 0.258 e. The van der Waals surface area contributed by atoms with Gasteiger partial charge in [-0.3, -0.25) is 9.59 Å². The Bertz CT molecular complexity index is 938. The largest absolute Gasteiger partial charge is 0.484 e. The Kier molecular flexibility index (Phi) is 5.78. The number of hydrogen-bond acceptors (Lipinski definition) is 6. The molecule has 1 aromatic heterocycles. The van der Waals surface area contributed by atoms with Crippen LogP contribution < -0.4 is 20.1 Å². The Labute approximate surface area is 161 Å². The average Bonchev–Trinajstić information content (AvgIpc) is 3.27. The van der Waals surface area contributed by atoms with Crippen LogP contribution in [0, 0.1) is 0 Å². The minimum Gasteiger partial charge on any atom is -0.484 e. The first-order chi connectivity index (χ1) is 12.8. The Hall–Kier alpha value is -2.43. The number of ether oxygens (including phenoxy) is 1. The highest BCUT2D eigenvalue weighted by atomic mass is 32.2. The highest BCUT2D eigenvalue weighted by molar-refractivity contribution is 7.91. The van der Waals surface area contributed by atoms with E-state index in [2.05, 4.69) is 5.32 Å². The summed E-state index contributed by atoms with van der Waals surface area (Å²) in [5.41, 5.74) is 0.817. The standard InChI is InChI=1S/C17H19N3O5S2/c18-27(23,24)17-8-7-14(26-17)10-19-15(21)11-25-13-5-3-12(4-6-13)20-9-1-2-16(20)22/h3-8H,1-2,9-11H2,(H,19,21)(H2,18,23,24). The molecule has 1 aliphatic heterocycles. The van der Waals surface area contributed by atoms with Crippen molar-refractivity contribution in [1.29, 1.82) is 0 Å². The van der Waals surface area contributed by atoms with Crippen LogP contribution in [-0.2, 0) is 26.2 Å². The monoisotopic (exact) mass is 409 g/mol. The van der Waals surface area contributed by atoms with Gasteiger partial charge in [0.25, 0.3) is 5.91 Å². The van der Waals surface area contributed by atoms with Crippen LogP contribution in [0.4, 0.5) is 5.69 Å². The van der Waals surface area contributed by atoms with E-state index in [1.54, 1.807) is 35.2 Å². The number of hydrogen-bond donors (Lipinski definition) is 2. The molecule has 0 radical (unpaired) electrons. The lowest BCUT2D eigenvalue weighted by molar-refractivity contribution is -0.123. The fourth-order valence-electron chi connectivity index (χ4n) is 2.64. The van der Waals surface area contributed by atoms with Gasteiger partial charge in [-0.2, -0.15) is 0 Å². The summed E-state index contributed by atoms with van der Waals surface area (Å²) in [6, 6.07) is 10.0. The van der Waals surface area contributed by atoms with Crippen molar-refractivity contribution in [2.75, 3.05) is 18.1 Å². The van der Waals surface area contributed by atoms with Crippen molar-refractivity contribution in [3.05, 3.63) is 41.3 Å². The number of rotatable bonds is 7. The summed E-state index contributed by atoms with van der Waals surface area (Å²) < 4.78 is 27.9. The summed E-state index contributed by atoms with van der Waals surface area (Å²) in [6.07, 6.45) is 1.43. The molecule has 3 N–H and O–H groups in total. The van der Waals surface area contributed by atoms with Crippen molar-refractivity contribution in [3.63, 3.8) is 0 Å². The van der Waals surface area contributed by atoms with Gasteiger partial charge >= 0.3 is 0 Å². The summed E-state index contributed by atoms with van der Waals surface area (Å²) in [6.45, 7) is 0.741. The Morgan fingerprint density at radius 1 is 1.22 bits per heavy atom. The summed E-state index contributed by atoms with van der Waals surface area (Å²) >= 11 is 1.01. The molecule has 8 nitrogen and oxygen atoms in total. The number of anilines is 1. The van der Waals surface area contributed by atoms with Gasteiger partial charge in [-0.25, -0.2) is 13.6 Å². The fourth-order valence-corrected chi connectivity index (χ4v) is 4.35. The van der Waals surface area contributed by atoms with Crippen molar-refractivity contribution < 1.29 is 22.7 Å². The molecule has 0 bridgehead atoms. The van der Waals surface area contributed by atoms with Crippen LogP contribution in [-0.4, -0.2) is 33.4 Å². The fraction of sp³-hybridized carbons (Fsp3) is 0.294. The number of nitrogens with zero attached hydrogens (tertiary/aromatic N) is 1. The number of benzene rings is 1. The first-order valence-electron chi connectivity index (χ1n) is 8.24. The third-order valence-electron chi connectivity index (χ3n) is 3.97. The van der Waals surface area contributed by atoms with Crippen LogP contribution in [0.2, 0.25) is 0 Å². The molecule has 0 aliphatic carbocycles. The lowest BCUT2D eigenvalue weighted by atomic mass is 10.3. The molecule has 2 aromatic rings. The maximum Gasteiger partial charge on any atom is 0.258 e. The van der Waals surface area contributed by atoms with Crippen LogP contribution in [0.1, 0.15) is 17.7 Å². The van der Waals surface area contributed by atoms with Gasteiger partial charge in [-0.1, -0.05) is 0 Å². The molecule has 1 fully saturated rings. The van der Waals surface area contributed by atoms with Gasteiger partial charge in [0.1, 0.15) is 9.96 Å². The normalized spacial score (nSPS) is 14.4. The van der Waals surface area contributed by atoms with Crippen LogP contribution >= 0.6 is 11.3 Å². The molecule has 1 saturated heterocycles. The topological polar surface area (TPSA) is 119 Å². The number of sulfonamides is 1. The van der Waals surface area contributed by atoms with Crippen molar-refractivity contribution in [1.82, 2.24) is 5.32 Å². The quantitative estimate of drug-likeness (QED) is 0.713. The van der Waals surface area contributed by atoms with Gasteiger partial charge in [0.15, 0.2) is 6.61 Å². The van der Waals surface area contributed by atoms with Gasteiger partial charge in [-0.05, 0) is 42.8 Å². The second-order valence-corrected chi connectivity index (χ2v) is 8.93. The summed E-state index contributed by atoms with van der Waals surface area (Å²) in [4.78, 5) is 26.0. The third-order valence-corrected chi connectivity index (χ3v) is 6.49. The molecule has 2 amide bonds. The van der Waals surface area contributed by atoms with E-state index in [1.807, 2.05) is 0 Å². The van der Waals surface area contributed by atoms with E-state index < -0.39 is 10.0 Å². The van der Waals surface area contributed by atoms with E-state index >= 15 is 0 Å². The molecule has 0 atom stereocenters. The molecule has 0 spiro atoms. The van der Waals surface area contributed by atoms with Crippen LogP contribution in [0.5, 0.6) is 5.75 Å². The van der Waals surface area contributed by atoms with Crippen LogP contribution in [0.25, 0.3) is 0 Å². The van der Waals surface area contributed by atoms with Gasteiger partial charge in [0.2, 0.25) is 15.9 Å². The minimum absolute atomic E-state index is 0.0552. The zero-order valence-electron chi connectivity index (χ0n) is 14.4. The van der Waals surface area contributed by atoms with Gasteiger partial charge in [0, 0.05) is 23.5 Å². The molecule has 1 aromatic carbocycles. The predicted octanol–water partition coefficient (Wildman–Crippen LogP) is 1.22. The maximum atomic E-state index is 11.9. The van der Waals surface area contributed by atoms with E-state index in [-0.39, 0.29) is 29.2 Å². The predicted molar refractivity (Wildman–Crippen MR) is 101 cm³/mol. The molecule has 2 heterocycles. The molecule has 1 aliphatic rings.